The standard InChI is InChI=1S/C12H17N5O/c1-8-9(7-17(2)15-8)12-14-11(16-18-12)10-5-3-4-6-13-10/h7,10,13H,3-6H2,1-2H3. The number of rotatable bonds is 2. The summed E-state index contributed by atoms with van der Waals surface area (Å²) in [5.41, 5.74) is 1.82. The molecule has 3 rings (SSSR count). The molecule has 0 amide bonds. The number of aromatic nitrogens is 4. The van der Waals surface area contributed by atoms with Crippen LogP contribution >= 0.6 is 0 Å². The summed E-state index contributed by atoms with van der Waals surface area (Å²) in [5.74, 6) is 1.32. The van der Waals surface area contributed by atoms with E-state index in [4.69, 9.17) is 4.52 Å². The summed E-state index contributed by atoms with van der Waals surface area (Å²) in [6.45, 7) is 2.97. The lowest BCUT2D eigenvalue weighted by atomic mass is 10.0. The summed E-state index contributed by atoms with van der Waals surface area (Å²) in [4.78, 5) is 4.48. The molecule has 1 saturated heterocycles. The number of hydrogen-bond donors (Lipinski definition) is 1. The van der Waals surface area contributed by atoms with E-state index >= 15 is 0 Å². The van der Waals surface area contributed by atoms with E-state index in [1.807, 2.05) is 20.2 Å². The van der Waals surface area contributed by atoms with E-state index in [-0.39, 0.29) is 6.04 Å². The summed E-state index contributed by atoms with van der Waals surface area (Å²) < 4.78 is 7.10. The second-order valence-electron chi connectivity index (χ2n) is 4.76. The largest absolute Gasteiger partial charge is 0.334 e. The van der Waals surface area contributed by atoms with Gasteiger partial charge in [0.1, 0.15) is 0 Å². The van der Waals surface area contributed by atoms with E-state index in [1.165, 1.54) is 12.8 Å². The van der Waals surface area contributed by atoms with Crippen molar-refractivity contribution < 1.29 is 4.52 Å². The van der Waals surface area contributed by atoms with Gasteiger partial charge in [0, 0.05) is 13.2 Å². The Kier molecular flexibility index (Phi) is 2.87. The van der Waals surface area contributed by atoms with Crippen LogP contribution in [0.4, 0.5) is 0 Å². The van der Waals surface area contributed by atoms with Crippen LogP contribution in [0.5, 0.6) is 0 Å². The number of piperidine rings is 1. The zero-order valence-corrected chi connectivity index (χ0v) is 10.7. The zero-order chi connectivity index (χ0) is 12.5. The lowest BCUT2D eigenvalue weighted by Crippen LogP contribution is -2.27. The third kappa shape index (κ3) is 2.03. The number of nitrogens with one attached hydrogen (secondary N) is 1. The van der Waals surface area contributed by atoms with E-state index in [2.05, 4.69) is 20.6 Å². The van der Waals surface area contributed by atoms with Crippen molar-refractivity contribution in [3.05, 3.63) is 17.7 Å². The van der Waals surface area contributed by atoms with Crippen LogP contribution in [-0.4, -0.2) is 26.5 Å². The maximum atomic E-state index is 5.34. The van der Waals surface area contributed by atoms with Crippen molar-refractivity contribution in [3.63, 3.8) is 0 Å². The van der Waals surface area contributed by atoms with Gasteiger partial charge < -0.3 is 9.84 Å². The fourth-order valence-corrected chi connectivity index (χ4v) is 2.37. The normalized spacial score (nSPS) is 20.2. The predicted molar refractivity (Wildman–Crippen MR) is 65.8 cm³/mol. The first kappa shape index (κ1) is 11.4. The van der Waals surface area contributed by atoms with Gasteiger partial charge in [-0.3, -0.25) is 4.68 Å². The molecule has 1 N–H and O–H groups in total. The maximum absolute atomic E-state index is 5.34. The Morgan fingerprint density at radius 2 is 2.33 bits per heavy atom. The monoisotopic (exact) mass is 247 g/mol. The zero-order valence-electron chi connectivity index (χ0n) is 10.7. The molecule has 0 spiro atoms. The van der Waals surface area contributed by atoms with Crippen LogP contribution in [0.3, 0.4) is 0 Å². The van der Waals surface area contributed by atoms with Gasteiger partial charge in [0.15, 0.2) is 5.82 Å². The molecule has 0 aliphatic carbocycles. The molecule has 0 saturated carbocycles. The molecule has 1 atom stereocenters. The van der Waals surface area contributed by atoms with Crippen LogP contribution in [0, 0.1) is 6.92 Å². The molecule has 18 heavy (non-hydrogen) atoms. The minimum absolute atomic E-state index is 0.230. The number of aryl methyl sites for hydroxylation is 2. The van der Waals surface area contributed by atoms with Crippen molar-refractivity contribution in [2.24, 2.45) is 7.05 Å². The lowest BCUT2D eigenvalue weighted by Gasteiger charge is -2.19. The van der Waals surface area contributed by atoms with Gasteiger partial charge in [-0.25, -0.2) is 0 Å². The highest BCUT2D eigenvalue weighted by molar-refractivity contribution is 5.54. The van der Waals surface area contributed by atoms with Gasteiger partial charge in [0.25, 0.3) is 5.89 Å². The van der Waals surface area contributed by atoms with Crippen molar-refractivity contribution in [2.75, 3.05) is 6.54 Å². The second-order valence-corrected chi connectivity index (χ2v) is 4.76. The van der Waals surface area contributed by atoms with Gasteiger partial charge in [0.05, 0.1) is 17.3 Å². The molecule has 0 radical (unpaired) electrons. The molecular weight excluding hydrogens is 230 g/mol. The highest BCUT2D eigenvalue weighted by Crippen LogP contribution is 2.25. The topological polar surface area (TPSA) is 68.8 Å². The van der Waals surface area contributed by atoms with Crippen LogP contribution in [0.15, 0.2) is 10.7 Å². The first-order chi connectivity index (χ1) is 8.74. The molecule has 3 heterocycles. The molecule has 96 valence electrons. The first-order valence-electron chi connectivity index (χ1n) is 6.31. The molecule has 2 aromatic rings. The Hall–Kier alpha value is -1.69. The minimum atomic E-state index is 0.230. The predicted octanol–water partition coefficient (Wildman–Crippen LogP) is 1.59. The van der Waals surface area contributed by atoms with Crippen LogP contribution in [0.1, 0.15) is 36.8 Å². The molecule has 2 aromatic heterocycles. The average Bonchev–Trinajstić information content (AvgIpc) is 2.97. The molecule has 6 heteroatoms. The van der Waals surface area contributed by atoms with E-state index < -0.39 is 0 Å². The van der Waals surface area contributed by atoms with E-state index in [0.29, 0.717) is 5.89 Å². The SMILES string of the molecule is Cc1nn(C)cc1-c1nc(C2CCCCN2)no1. The van der Waals surface area contributed by atoms with Gasteiger partial charge in [-0.15, -0.1) is 0 Å². The van der Waals surface area contributed by atoms with Gasteiger partial charge in [0.2, 0.25) is 0 Å². The summed E-state index contributed by atoms with van der Waals surface area (Å²) in [7, 11) is 1.89. The maximum Gasteiger partial charge on any atom is 0.261 e. The summed E-state index contributed by atoms with van der Waals surface area (Å²) in [6, 6.07) is 0.230. The molecule has 1 unspecified atom stereocenters. The van der Waals surface area contributed by atoms with Gasteiger partial charge >= 0.3 is 0 Å². The third-order valence-electron chi connectivity index (χ3n) is 3.31. The molecule has 1 fully saturated rings. The molecule has 6 nitrogen and oxygen atoms in total. The molecule has 0 aromatic carbocycles. The van der Waals surface area contributed by atoms with E-state index in [1.54, 1.807) is 4.68 Å². The summed E-state index contributed by atoms with van der Waals surface area (Å²) in [6.07, 6.45) is 5.42. The van der Waals surface area contributed by atoms with Gasteiger partial charge in [-0.1, -0.05) is 11.6 Å². The Labute approximate surface area is 105 Å². The third-order valence-corrected chi connectivity index (χ3v) is 3.31. The van der Waals surface area contributed by atoms with Crippen LogP contribution in [0.25, 0.3) is 11.5 Å². The molecule has 1 aliphatic rings. The van der Waals surface area contributed by atoms with E-state index in [9.17, 15) is 0 Å². The van der Waals surface area contributed by atoms with Crippen molar-refractivity contribution >= 4 is 0 Å². The number of hydrogen-bond acceptors (Lipinski definition) is 5. The first-order valence-corrected chi connectivity index (χ1v) is 6.31. The molecular formula is C12H17N5O. The van der Waals surface area contributed by atoms with Crippen LogP contribution in [0.2, 0.25) is 0 Å². The van der Waals surface area contributed by atoms with Crippen LogP contribution in [-0.2, 0) is 7.05 Å². The number of nitrogens with zero attached hydrogens (tertiary/aromatic N) is 4. The average molecular weight is 247 g/mol. The van der Waals surface area contributed by atoms with Crippen LogP contribution < -0.4 is 5.32 Å². The Bertz CT molecular complexity index is 538. The quantitative estimate of drug-likeness (QED) is 0.872. The van der Waals surface area contributed by atoms with Gasteiger partial charge in [-0.2, -0.15) is 10.1 Å². The second kappa shape index (κ2) is 4.53. The van der Waals surface area contributed by atoms with Crippen molar-refractivity contribution in [3.8, 4) is 11.5 Å². The highest BCUT2D eigenvalue weighted by Gasteiger charge is 2.21. The fraction of sp³-hybridized carbons (Fsp3) is 0.583. The van der Waals surface area contributed by atoms with E-state index in [0.717, 1.165) is 30.0 Å². The smallest absolute Gasteiger partial charge is 0.261 e. The Morgan fingerprint density at radius 3 is 3.00 bits per heavy atom. The van der Waals surface area contributed by atoms with Crippen molar-refractivity contribution in [1.29, 1.82) is 0 Å². The summed E-state index contributed by atoms with van der Waals surface area (Å²) in [5, 5.41) is 11.8. The highest BCUT2D eigenvalue weighted by atomic mass is 16.5. The summed E-state index contributed by atoms with van der Waals surface area (Å²) >= 11 is 0. The molecule has 0 bridgehead atoms. The fourth-order valence-electron chi connectivity index (χ4n) is 2.37. The molecule has 1 aliphatic heterocycles. The Morgan fingerprint density at radius 1 is 1.44 bits per heavy atom. The van der Waals surface area contributed by atoms with Crippen molar-refractivity contribution in [2.45, 2.75) is 32.2 Å². The Balaban J connectivity index is 1.86. The lowest BCUT2D eigenvalue weighted by molar-refractivity contribution is 0.367. The minimum Gasteiger partial charge on any atom is -0.334 e. The van der Waals surface area contributed by atoms with Gasteiger partial charge in [-0.05, 0) is 26.3 Å². The van der Waals surface area contributed by atoms with Crippen molar-refractivity contribution in [1.82, 2.24) is 25.2 Å².